The van der Waals surface area contributed by atoms with E-state index in [9.17, 15) is 37.0 Å². The van der Waals surface area contributed by atoms with Crippen molar-refractivity contribution < 1.29 is 41.7 Å². The molecule has 5 nitrogen and oxygen atoms in total. The van der Waals surface area contributed by atoms with E-state index >= 15 is 0 Å². The quantitative estimate of drug-likeness (QED) is 0.439. The third-order valence-corrected chi connectivity index (χ3v) is 2.76. The molecule has 136 valence electrons. The molecule has 0 radical (unpaired) electrons. The Labute approximate surface area is 134 Å². The van der Waals surface area contributed by atoms with E-state index in [0.29, 0.717) is 0 Å². The molecule has 0 heterocycles. The van der Waals surface area contributed by atoms with Crippen LogP contribution in [0, 0.1) is 29.1 Å². The van der Waals surface area contributed by atoms with Crippen LogP contribution in [-0.2, 0) is 4.74 Å². The summed E-state index contributed by atoms with van der Waals surface area (Å²) in [4.78, 5) is 11.4. The lowest BCUT2D eigenvalue weighted by molar-refractivity contribution is 0.00860. The van der Waals surface area contributed by atoms with Crippen molar-refractivity contribution >= 4 is 6.09 Å². The molecule has 0 aliphatic rings. The maximum Gasteiger partial charge on any atom is 0.407 e. The number of alkyl carbamates (subject to hydrolysis) is 1. The fraction of sp³-hybridized carbons (Fsp3) is 0.500. The van der Waals surface area contributed by atoms with Gasteiger partial charge in [-0.05, 0) is 20.8 Å². The van der Waals surface area contributed by atoms with Crippen molar-refractivity contribution in [3.63, 3.8) is 0 Å². The minimum absolute atomic E-state index is 0.754. The first-order valence-electron chi connectivity index (χ1n) is 6.71. The number of aliphatic hydroxyl groups is 2. The monoisotopic (exact) mass is 357 g/mol. The van der Waals surface area contributed by atoms with E-state index in [1.165, 1.54) is 0 Å². The van der Waals surface area contributed by atoms with Crippen LogP contribution in [0.25, 0.3) is 0 Å². The second-order valence-electron chi connectivity index (χ2n) is 5.88. The summed E-state index contributed by atoms with van der Waals surface area (Å²) in [6.45, 7) is 3.89. The number of benzene rings is 1. The molecule has 0 aliphatic heterocycles. The number of halogens is 5. The van der Waals surface area contributed by atoms with Crippen LogP contribution in [0.1, 0.15) is 32.4 Å². The average Bonchev–Trinajstić information content (AvgIpc) is 2.47. The van der Waals surface area contributed by atoms with Gasteiger partial charge in [-0.15, -0.1) is 0 Å². The largest absolute Gasteiger partial charge is 0.444 e. The molecule has 0 saturated heterocycles. The molecule has 0 aromatic heterocycles. The lowest BCUT2D eigenvalue weighted by Crippen LogP contribution is -2.39. The predicted octanol–water partition coefficient (Wildman–Crippen LogP) is 2.30. The molecule has 2 atom stereocenters. The molecule has 10 heteroatoms. The Balaban J connectivity index is 2.91. The van der Waals surface area contributed by atoms with Crippen LogP contribution in [0.3, 0.4) is 0 Å². The predicted molar refractivity (Wildman–Crippen MR) is 71.4 cm³/mol. The molecule has 0 spiro atoms. The zero-order valence-corrected chi connectivity index (χ0v) is 13.0. The smallest absolute Gasteiger partial charge is 0.407 e. The number of carbonyl (C=O) groups excluding carboxylic acids is 1. The van der Waals surface area contributed by atoms with E-state index in [0.717, 1.165) is 0 Å². The van der Waals surface area contributed by atoms with Gasteiger partial charge in [0.2, 0.25) is 5.82 Å². The van der Waals surface area contributed by atoms with Crippen LogP contribution in [0.2, 0.25) is 0 Å². The molecule has 3 N–H and O–H groups in total. The Bertz CT molecular complexity index is 604. The van der Waals surface area contributed by atoms with E-state index in [4.69, 9.17) is 4.74 Å². The maximum absolute atomic E-state index is 13.5. The van der Waals surface area contributed by atoms with Gasteiger partial charge in [0.05, 0.1) is 5.56 Å². The Kier molecular flexibility index (Phi) is 6.12. The lowest BCUT2D eigenvalue weighted by Gasteiger charge is -2.22. The highest BCUT2D eigenvalue weighted by molar-refractivity contribution is 5.67. The Hall–Kier alpha value is -1.94. The average molecular weight is 357 g/mol. The van der Waals surface area contributed by atoms with Gasteiger partial charge in [0.1, 0.15) is 17.8 Å². The fourth-order valence-corrected chi connectivity index (χ4v) is 1.69. The lowest BCUT2D eigenvalue weighted by atomic mass is 10.0. The number of amides is 1. The Morgan fingerprint density at radius 1 is 1.00 bits per heavy atom. The van der Waals surface area contributed by atoms with E-state index in [1.54, 1.807) is 20.8 Å². The summed E-state index contributed by atoms with van der Waals surface area (Å²) in [5.74, 6) is -11.4. The summed E-state index contributed by atoms with van der Waals surface area (Å²) in [7, 11) is 0. The van der Waals surface area contributed by atoms with Gasteiger partial charge in [-0.3, -0.25) is 0 Å². The van der Waals surface area contributed by atoms with Crippen molar-refractivity contribution in [2.75, 3.05) is 6.54 Å². The summed E-state index contributed by atoms with van der Waals surface area (Å²) in [6.07, 6.45) is -5.53. The van der Waals surface area contributed by atoms with Crippen LogP contribution in [0.4, 0.5) is 26.7 Å². The minimum Gasteiger partial charge on any atom is -0.444 e. The molecule has 1 amide bonds. The van der Waals surface area contributed by atoms with E-state index in [2.05, 4.69) is 0 Å². The number of hydrogen-bond acceptors (Lipinski definition) is 4. The highest BCUT2D eigenvalue weighted by Crippen LogP contribution is 2.29. The summed E-state index contributed by atoms with van der Waals surface area (Å²) in [5.41, 5.74) is -2.46. The van der Waals surface area contributed by atoms with Crippen molar-refractivity contribution in [3.8, 4) is 0 Å². The van der Waals surface area contributed by atoms with Crippen LogP contribution >= 0.6 is 0 Å². The van der Waals surface area contributed by atoms with Gasteiger partial charge in [0.15, 0.2) is 23.3 Å². The molecule has 0 aliphatic carbocycles. The van der Waals surface area contributed by atoms with Gasteiger partial charge in [-0.1, -0.05) is 0 Å². The molecule has 1 rings (SSSR count). The van der Waals surface area contributed by atoms with Gasteiger partial charge in [0, 0.05) is 6.54 Å². The molecule has 1 aromatic carbocycles. The molecule has 1 aromatic rings. The van der Waals surface area contributed by atoms with Crippen molar-refractivity contribution in [2.24, 2.45) is 0 Å². The molecule has 0 bridgehead atoms. The first-order chi connectivity index (χ1) is 10.9. The minimum atomic E-state index is -2.47. The fourth-order valence-electron chi connectivity index (χ4n) is 1.69. The van der Waals surface area contributed by atoms with Gasteiger partial charge >= 0.3 is 6.09 Å². The second-order valence-corrected chi connectivity index (χ2v) is 5.88. The summed E-state index contributed by atoms with van der Waals surface area (Å²) >= 11 is 0. The molecular weight excluding hydrogens is 341 g/mol. The van der Waals surface area contributed by atoms with Crippen molar-refractivity contribution in [2.45, 2.75) is 38.6 Å². The summed E-state index contributed by atoms with van der Waals surface area (Å²) in [5, 5.41) is 21.3. The van der Waals surface area contributed by atoms with E-state index in [-0.39, 0.29) is 0 Å². The summed E-state index contributed by atoms with van der Waals surface area (Å²) in [6, 6.07) is 0. The van der Waals surface area contributed by atoms with Gasteiger partial charge in [0.25, 0.3) is 0 Å². The first kappa shape index (κ1) is 20.1. The topological polar surface area (TPSA) is 78.8 Å². The second kappa shape index (κ2) is 7.31. The molecular formula is C14H16F5NO4. The Morgan fingerprint density at radius 3 is 1.83 bits per heavy atom. The zero-order chi connectivity index (χ0) is 18.8. The zero-order valence-electron chi connectivity index (χ0n) is 13.0. The third kappa shape index (κ3) is 4.54. The van der Waals surface area contributed by atoms with Gasteiger partial charge < -0.3 is 20.3 Å². The van der Waals surface area contributed by atoms with Gasteiger partial charge in [-0.25, -0.2) is 26.7 Å². The number of rotatable bonds is 4. The highest BCUT2D eigenvalue weighted by atomic mass is 19.2. The number of nitrogens with one attached hydrogen (secondary N) is 1. The number of ether oxygens (including phenoxy) is 1. The normalized spacial score (nSPS) is 14.2. The molecule has 2 unspecified atom stereocenters. The molecule has 24 heavy (non-hydrogen) atoms. The Morgan fingerprint density at radius 2 is 1.42 bits per heavy atom. The third-order valence-electron chi connectivity index (χ3n) is 2.76. The van der Waals surface area contributed by atoms with E-state index < -0.39 is 65.1 Å². The first-order valence-corrected chi connectivity index (χ1v) is 6.71. The van der Waals surface area contributed by atoms with E-state index in [1.807, 2.05) is 5.32 Å². The standard InChI is InChI=1S/C14H16F5NO4/c1-14(2,3)24-13(23)20-4-5(21)12(22)6-7(15)9(17)11(19)10(18)8(6)16/h5,12,21-22H,4H2,1-3H3,(H,20,23). The van der Waals surface area contributed by atoms with Crippen LogP contribution in [0.15, 0.2) is 0 Å². The maximum atomic E-state index is 13.5. The highest BCUT2D eigenvalue weighted by Gasteiger charge is 2.33. The molecule has 0 fully saturated rings. The molecule has 0 saturated carbocycles. The van der Waals surface area contributed by atoms with Crippen LogP contribution in [-0.4, -0.2) is 34.6 Å². The van der Waals surface area contributed by atoms with Crippen LogP contribution < -0.4 is 5.32 Å². The van der Waals surface area contributed by atoms with Gasteiger partial charge in [-0.2, -0.15) is 0 Å². The number of aliphatic hydroxyl groups excluding tert-OH is 2. The van der Waals surface area contributed by atoms with Crippen LogP contribution in [0.5, 0.6) is 0 Å². The van der Waals surface area contributed by atoms with Crippen molar-refractivity contribution in [1.82, 2.24) is 5.32 Å². The summed E-state index contributed by atoms with van der Waals surface area (Å²) < 4.78 is 71.0. The number of hydrogen-bond donors (Lipinski definition) is 3. The van der Waals surface area contributed by atoms with Crippen molar-refractivity contribution in [1.29, 1.82) is 0 Å². The van der Waals surface area contributed by atoms with Crippen molar-refractivity contribution in [3.05, 3.63) is 34.6 Å². The SMILES string of the molecule is CC(C)(C)OC(=O)NCC(O)C(O)c1c(F)c(F)c(F)c(F)c1F. The number of carbonyl (C=O) groups is 1.